The van der Waals surface area contributed by atoms with Crippen LogP contribution in [0.1, 0.15) is 37.1 Å². The lowest BCUT2D eigenvalue weighted by Crippen LogP contribution is -2.24. The zero-order valence-electron chi connectivity index (χ0n) is 13.2. The maximum Gasteiger partial charge on any atom is 0.241 e. The molecule has 1 heterocycles. The molecule has 0 saturated heterocycles. The van der Waals surface area contributed by atoms with Crippen LogP contribution < -0.4 is 9.46 Å². The zero-order chi connectivity index (χ0) is 17.2. The van der Waals surface area contributed by atoms with Crippen LogP contribution in [-0.2, 0) is 16.6 Å². The predicted octanol–water partition coefficient (Wildman–Crippen LogP) is 2.37. The monoisotopic (exact) mass is 351 g/mol. The lowest BCUT2D eigenvalue weighted by molar-refractivity contribution is 0.321. The highest BCUT2D eigenvalue weighted by Crippen LogP contribution is 2.38. The summed E-state index contributed by atoms with van der Waals surface area (Å²) < 4.78 is 45.9. The third kappa shape index (κ3) is 3.88. The first-order valence-electron chi connectivity index (χ1n) is 7.72. The van der Waals surface area contributed by atoms with Crippen molar-refractivity contribution >= 4 is 10.0 Å². The second-order valence-electron chi connectivity index (χ2n) is 5.56. The Morgan fingerprint density at radius 2 is 2.08 bits per heavy atom. The van der Waals surface area contributed by atoms with Crippen molar-refractivity contribution in [1.82, 2.24) is 14.7 Å². The van der Waals surface area contributed by atoms with E-state index in [1.807, 2.05) is 0 Å². The molecule has 3 rings (SSSR count). The molecule has 8 heteroatoms. The van der Waals surface area contributed by atoms with Gasteiger partial charge in [0.2, 0.25) is 10.0 Å². The number of rotatable bonds is 7. The molecule has 0 unspecified atom stereocenters. The van der Waals surface area contributed by atoms with Gasteiger partial charge in [-0.15, -0.1) is 0 Å². The van der Waals surface area contributed by atoms with E-state index in [2.05, 4.69) is 14.7 Å². The van der Waals surface area contributed by atoms with Crippen molar-refractivity contribution in [2.75, 3.05) is 6.61 Å². The maximum absolute atomic E-state index is 13.8. The number of ether oxygens (including phenoxy) is 1. The number of nitrogens with one attached hydrogen (secondary N) is 1. The number of hydrogen-bond acceptors (Lipinski definition) is 5. The van der Waals surface area contributed by atoms with Crippen molar-refractivity contribution in [3.05, 3.63) is 47.8 Å². The molecule has 1 aromatic heterocycles. The Bertz CT molecular complexity index is 838. The van der Waals surface area contributed by atoms with E-state index < -0.39 is 15.8 Å². The first kappa shape index (κ1) is 16.8. The molecule has 24 heavy (non-hydrogen) atoms. The molecule has 0 spiro atoms. The SMILES string of the molecule is CCOc1ccc(S(=O)(=O)NCc2cc(C3CC3)ncn2)cc1F. The van der Waals surface area contributed by atoms with Gasteiger partial charge in [-0.2, -0.15) is 0 Å². The molecule has 0 bridgehead atoms. The van der Waals surface area contributed by atoms with Gasteiger partial charge >= 0.3 is 0 Å². The van der Waals surface area contributed by atoms with Gasteiger partial charge in [0.15, 0.2) is 11.6 Å². The van der Waals surface area contributed by atoms with Gasteiger partial charge < -0.3 is 4.74 Å². The summed E-state index contributed by atoms with van der Waals surface area (Å²) in [4.78, 5) is 8.11. The van der Waals surface area contributed by atoms with Gasteiger partial charge in [-0.1, -0.05) is 0 Å². The molecule has 1 aromatic carbocycles. The van der Waals surface area contributed by atoms with E-state index in [1.165, 1.54) is 18.5 Å². The van der Waals surface area contributed by atoms with Gasteiger partial charge in [-0.05, 0) is 44.0 Å². The molecule has 0 aliphatic heterocycles. The Labute approximate surface area is 140 Å². The third-order valence-electron chi connectivity index (χ3n) is 3.70. The highest BCUT2D eigenvalue weighted by Gasteiger charge is 2.25. The van der Waals surface area contributed by atoms with Gasteiger partial charge in [0.1, 0.15) is 6.33 Å². The highest BCUT2D eigenvalue weighted by molar-refractivity contribution is 7.89. The number of benzene rings is 1. The predicted molar refractivity (Wildman–Crippen MR) is 85.6 cm³/mol. The summed E-state index contributed by atoms with van der Waals surface area (Å²) >= 11 is 0. The molecule has 1 N–H and O–H groups in total. The molecule has 1 fully saturated rings. The molecular weight excluding hydrogens is 333 g/mol. The second-order valence-corrected chi connectivity index (χ2v) is 7.33. The van der Waals surface area contributed by atoms with E-state index in [-0.39, 0.29) is 17.2 Å². The van der Waals surface area contributed by atoms with Gasteiger partial charge in [0.05, 0.1) is 23.7 Å². The Balaban J connectivity index is 1.71. The van der Waals surface area contributed by atoms with Crippen LogP contribution in [0.2, 0.25) is 0 Å². The molecule has 1 aliphatic rings. The molecule has 6 nitrogen and oxygen atoms in total. The zero-order valence-corrected chi connectivity index (χ0v) is 14.0. The van der Waals surface area contributed by atoms with Crippen LogP contribution in [0.4, 0.5) is 4.39 Å². The van der Waals surface area contributed by atoms with Crippen LogP contribution in [-0.4, -0.2) is 25.0 Å². The maximum atomic E-state index is 13.8. The van der Waals surface area contributed by atoms with E-state index in [1.54, 1.807) is 13.0 Å². The largest absolute Gasteiger partial charge is 0.491 e. The molecular formula is C16H18FN3O3S. The smallest absolute Gasteiger partial charge is 0.241 e. The summed E-state index contributed by atoms with van der Waals surface area (Å²) in [5.41, 5.74) is 1.52. The van der Waals surface area contributed by atoms with Crippen LogP contribution in [0.5, 0.6) is 5.75 Å². The lowest BCUT2D eigenvalue weighted by Gasteiger charge is -2.09. The van der Waals surface area contributed by atoms with E-state index in [9.17, 15) is 12.8 Å². The van der Waals surface area contributed by atoms with Crippen LogP contribution in [0, 0.1) is 5.82 Å². The number of hydrogen-bond donors (Lipinski definition) is 1. The molecule has 128 valence electrons. The Hall–Kier alpha value is -2.06. The molecule has 1 saturated carbocycles. The minimum atomic E-state index is -3.84. The van der Waals surface area contributed by atoms with Gasteiger partial charge in [0.25, 0.3) is 0 Å². The minimum Gasteiger partial charge on any atom is -0.491 e. The summed E-state index contributed by atoms with van der Waals surface area (Å²) in [7, 11) is -3.84. The standard InChI is InChI=1S/C16H18FN3O3S/c1-2-23-16-6-5-13(8-14(16)17)24(21,22)20-9-12-7-15(11-3-4-11)19-10-18-12/h5-8,10-11,20H,2-4,9H2,1H3. The average molecular weight is 351 g/mol. The third-order valence-corrected chi connectivity index (χ3v) is 5.10. The van der Waals surface area contributed by atoms with Crippen LogP contribution in [0.25, 0.3) is 0 Å². The fourth-order valence-corrected chi connectivity index (χ4v) is 3.30. The summed E-state index contributed by atoms with van der Waals surface area (Å²) in [6.45, 7) is 2.06. The fraction of sp³-hybridized carbons (Fsp3) is 0.375. The Morgan fingerprint density at radius 3 is 2.75 bits per heavy atom. The first-order valence-corrected chi connectivity index (χ1v) is 9.20. The van der Waals surface area contributed by atoms with Crippen molar-refractivity contribution in [2.45, 2.75) is 37.1 Å². The number of sulfonamides is 1. The average Bonchev–Trinajstić information content (AvgIpc) is 3.40. The van der Waals surface area contributed by atoms with Crippen molar-refractivity contribution < 1.29 is 17.5 Å². The summed E-state index contributed by atoms with van der Waals surface area (Å²) in [5, 5.41) is 0. The minimum absolute atomic E-state index is 0.0272. The molecule has 0 amide bonds. The van der Waals surface area contributed by atoms with Crippen molar-refractivity contribution in [1.29, 1.82) is 0 Å². The van der Waals surface area contributed by atoms with E-state index >= 15 is 0 Å². The molecule has 2 aromatic rings. The van der Waals surface area contributed by atoms with Gasteiger partial charge in [-0.3, -0.25) is 0 Å². The fourth-order valence-electron chi connectivity index (χ4n) is 2.29. The Morgan fingerprint density at radius 1 is 1.29 bits per heavy atom. The molecule has 1 aliphatic carbocycles. The molecule has 0 atom stereocenters. The number of halogens is 1. The van der Waals surface area contributed by atoms with Crippen molar-refractivity contribution in [3.63, 3.8) is 0 Å². The normalized spacial score (nSPS) is 14.6. The summed E-state index contributed by atoms with van der Waals surface area (Å²) in [6.07, 6.45) is 3.65. The van der Waals surface area contributed by atoms with Crippen LogP contribution in [0.3, 0.4) is 0 Å². The molecule has 0 radical (unpaired) electrons. The van der Waals surface area contributed by atoms with Crippen molar-refractivity contribution in [3.8, 4) is 5.75 Å². The quantitative estimate of drug-likeness (QED) is 0.828. The number of nitrogens with zero attached hydrogens (tertiary/aromatic N) is 2. The lowest BCUT2D eigenvalue weighted by atomic mass is 10.2. The first-order chi connectivity index (χ1) is 11.5. The highest BCUT2D eigenvalue weighted by atomic mass is 32.2. The summed E-state index contributed by atoms with van der Waals surface area (Å²) in [6, 6.07) is 5.37. The van der Waals surface area contributed by atoms with E-state index in [0.717, 1.165) is 24.6 Å². The second kappa shape index (κ2) is 6.82. The topological polar surface area (TPSA) is 81.2 Å². The van der Waals surface area contributed by atoms with Gasteiger partial charge in [0, 0.05) is 11.6 Å². The Kier molecular flexibility index (Phi) is 4.77. The summed E-state index contributed by atoms with van der Waals surface area (Å²) in [5.74, 6) is -0.220. The van der Waals surface area contributed by atoms with Crippen molar-refractivity contribution in [2.24, 2.45) is 0 Å². The number of aromatic nitrogens is 2. The van der Waals surface area contributed by atoms with Gasteiger partial charge in [-0.25, -0.2) is 27.5 Å². The van der Waals surface area contributed by atoms with E-state index in [4.69, 9.17) is 4.74 Å². The van der Waals surface area contributed by atoms with E-state index in [0.29, 0.717) is 18.2 Å². The van der Waals surface area contributed by atoms with Crippen LogP contribution >= 0.6 is 0 Å². The van der Waals surface area contributed by atoms with Crippen LogP contribution in [0.15, 0.2) is 35.5 Å².